The smallest absolute Gasteiger partial charge is 0.326 e. The van der Waals surface area contributed by atoms with E-state index in [4.69, 9.17) is 11.6 Å². The third-order valence-corrected chi connectivity index (χ3v) is 4.19. The van der Waals surface area contributed by atoms with Crippen molar-refractivity contribution in [2.45, 2.75) is 50.6 Å². The molecule has 3 rings (SSSR count). The van der Waals surface area contributed by atoms with E-state index in [1.165, 1.54) is 4.57 Å². The molecule has 2 aliphatic rings. The number of carboxylic acid groups (broad SMARTS) is 1. The van der Waals surface area contributed by atoms with Crippen LogP contribution in [-0.2, 0) is 10.2 Å². The van der Waals surface area contributed by atoms with Crippen molar-refractivity contribution >= 4 is 23.4 Å². The molecular weight excluding hydrogens is 282 g/mol. The molecule has 1 fully saturated rings. The monoisotopic (exact) mass is 297 g/mol. The Morgan fingerprint density at radius 3 is 2.70 bits per heavy atom. The average Bonchev–Trinajstić information content (AvgIpc) is 3.08. The molecule has 7 heteroatoms. The van der Waals surface area contributed by atoms with E-state index >= 15 is 0 Å². The molecule has 20 heavy (non-hydrogen) atoms. The van der Waals surface area contributed by atoms with Crippen molar-refractivity contribution in [3.05, 3.63) is 21.2 Å². The van der Waals surface area contributed by atoms with Crippen LogP contribution in [0.5, 0.6) is 0 Å². The second kappa shape index (κ2) is 4.22. The van der Waals surface area contributed by atoms with E-state index in [9.17, 15) is 14.7 Å². The Morgan fingerprint density at radius 1 is 1.50 bits per heavy atom. The van der Waals surface area contributed by atoms with E-state index in [-0.39, 0.29) is 17.0 Å². The highest BCUT2D eigenvalue weighted by Crippen LogP contribution is 2.42. The van der Waals surface area contributed by atoms with Crippen LogP contribution in [0.2, 0.25) is 5.15 Å². The predicted octanol–water partition coefficient (Wildman–Crippen LogP) is 1.78. The van der Waals surface area contributed by atoms with Gasteiger partial charge in [0.05, 0.1) is 5.69 Å². The summed E-state index contributed by atoms with van der Waals surface area (Å²) in [6, 6.07) is -0.629. The fourth-order valence-electron chi connectivity index (χ4n) is 2.80. The van der Waals surface area contributed by atoms with Gasteiger partial charge in [-0.15, -0.1) is 0 Å². The lowest BCUT2D eigenvalue weighted by Gasteiger charge is -2.18. The van der Waals surface area contributed by atoms with Gasteiger partial charge in [-0.1, -0.05) is 25.4 Å². The van der Waals surface area contributed by atoms with E-state index in [1.54, 1.807) is 0 Å². The van der Waals surface area contributed by atoms with Crippen LogP contribution in [0, 0.1) is 0 Å². The quantitative estimate of drug-likeness (QED) is 0.888. The van der Waals surface area contributed by atoms with Gasteiger partial charge in [-0.3, -0.25) is 9.36 Å². The van der Waals surface area contributed by atoms with Crippen molar-refractivity contribution in [1.29, 1.82) is 0 Å². The summed E-state index contributed by atoms with van der Waals surface area (Å²) in [4.78, 5) is 28.1. The van der Waals surface area contributed by atoms with E-state index in [2.05, 4.69) is 10.3 Å². The zero-order valence-corrected chi connectivity index (χ0v) is 12.1. The highest BCUT2D eigenvalue weighted by atomic mass is 35.5. The Labute approximate surface area is 120 Å². The van der Waals surface area contributed by atoms with Gasteiger partial charge in [-0.2, -0.15) is 0 Å². The number of anilines is 1. The van der Waals surface area contributed by atoms with Crippen LogP contribution >= 0.6 is 11.6 Å². The molecule has 0 spiro atoms. The second-order valence-electron chi connectivity index (χ2n) is 6.14. The van der Waals surface area contributed by atoms with Gasteiger partial charge in [-0.25, -0.2) is 9.78 Å². The summed E-state index contributed by atoms with van der Waals surface area (Å²) in [6.45, 7) is 3.76. The largest absolute Gasteiger partial charge is 0.480 e. The van der Waals surface area contributed by atoms with Crippen LogP contribution in [-0.4, -0.2) is 26.7 Å². The third kappa shape index (κ3) is 1.98. The fourth-order valence-corrected chi connectivity index (χ4v) is 3.23. The number of halogens is 1. The van der Waals surface area contributed by atoms with Crippen molar-refractivity contribution in [2.24, 2.45) is 0 Å². The Balaban J connectivity index is 2.19. The number of aromatic nitrogens is 2. The van der Waals surface area contributed by atoms with Crippen molar-refractivity contribution in [3.63, 3.8) is 0 Å². The molecule has 1 aromatic heterocycles. The molecule has 2 heterocycles. The van der Waals surface area contributed by atoms with Gasteiger partial charge in [0, 0.05) is 11.5 Å². The maximum absolute atomic E-state index is 12.5. The third-order valence-electron chi connectivity index (χ3n) is 3.93. The molecule has 1 aliphatic heterocycles. The second-order valence-corrected chi connectivity index (χ2v) is 6.49. The fraction of sp³-hybridized carbons (Fsp3) is 0.615. The van der Waals surface area contributed by atoms with Gasteiger partial charge in [0.15, 0.2) is 11.0 Å². The van der Waals surface area contributed by atoms with Crippen LogP contribution in [0.25, 0.3) is 0 Å². The van der Waals surface area contributed by atoms with Gasteiger partial charge in [0.1, 0.15) is 6.04 Å². The lowest BCUT2D eigenvalue weighted by atomic mass is 9.87. The van der Waals surface area contributed by atoms with Gasteiger partial charge in [-0.05, 0) is 19.3 Å². The number of carbonyl (C=O) groups is 1. The highest BCUT2D eigenvalue weighted by molar-refractivity contribution is 6.30. The number of aliphatic carboxylic acids is 1. The standard InChI is InChI=1S/C13H16ClN3O3/c1-13(2)5-7(12(19)20)17-8(13)9(14)16-10(11(17)18)15-6-3-4-6/h6-7H,3-5H2,1-2H3,(H,15,16)(H,19,20). The topological polar surface area (TPSA) is 84.2 Å². The van der Waals surface area contributed by atoms with Crippen LogP contribution in [0.3, 0.4) is 0 Å². The molecular formula is C13H16ClN3O3. The number of rotatable bonds is 3. The van der Waals surface area contributed by atoms with Crippen LogP contribution in [0.1, 0.15) is 44.8 Å². The van der Waals surface area contributed by atoms with Crippen molar-refractivity contribution < 1.29 is 9.90 Å². The number of nitrogens with zero attached hydrogens (tertiary/aromatic N) is 2. The number of carboxylic acids is 1. The Bertz CT molecular complexity index is 649. The lowest BCUT2D eigenvalue weighted by Crippen LogP contribution is -2.31. The summed E-state index contributed by atoms with van der Waals surface area (Å²) in [5.74, 6) is -0.858. The van der Waals surface area contributed by atoms with E-state index in [1.807, 2.05) is 13.8 Å². The molecule has 108 valence electrons. The maximum atomic E-state index is 12.5. The van der Waals surface area contributed by atoms with E-state index < -0.39 is 23.0 Å². The molecule has 1 saturated carbocycles. The number of nitrogens with one attached hydrogen (secondary N) is 1. The van der Waals surface area contributed by atoms with Crippen molar-refractivity contribution in [2.75, 3.05) is 5.32 Å². The summed E-state index contributed by atoms with van der Waals surface area (Å²) in [7, 11) is 0. The number of hydrogen-bond donors (Lipinski definition) is 2. The first-order valence-electron chi connectivity index (χ1n) is 6.63. The van der Waals surface area contributed by atoms with Gasteiger partial charge in [0.25, 0.3) is 5.56 Å². The average molecular weight is 298 g/mol. The van der Waals surface area contributed by atoms with Gasteiger partial charge in [0.2, 0.25) is 0 Å². The van der Waals surface area contributed by atoms with Gasteiger partial charge < -0.3 is 10.4 Å². The SMILES string of the molecule is CC1(C)CC(C(=O)O)n2c1c(Cl)nc(NC1CC1)c2=O. The van der Waals surface area contributed by atoms with Crippen LogP contribution in [0.15, 0.2) is 4.79 Å². The summed E-state index contributed by atoms with van der Waals surface area (Å²) >= 11 is 6.20. The molecule has 0 bridgehead atoms. The molecule has 1 aromatic rings. The minimum atomic E-state index is -1.02. The van der Waals surface area contributed by atoms with Gasteiger partial charge >= 0.3 is 5.97 Å². The van der Waals surface area contributed by atoms with Crippen LogP contribution < -0.4 is 10.9 Å². The molecule has 6 nitrogen and oxygen atoms in total. The first-order chi connectivity index (χ1) is 9.31. The summed E-state index contributed by atoms with van der Waals surface area (Å²) < 4.78 is 1.29. The Kier molecular flexibility index (Phi) is 2.83. The highest BCUT2D eigenvalue weighted by Gasteiger charge is 2.44. The minimum Gasteiger partial charge on any atom is -0.480 e. The Hall–Kier alpha value is -1.56. The first-order valence-corrected chi connectivity index (χ1v) is 7.01. The summed E-state index contributed by atoms with van der Waals surface area (Å²) in [5, 5.41) is 12.6. The lowest BCUT2D eigenvalue weighted by molar-refractivity contribution is -0.140. The molecule has 2 N–H and O–H groups in total. The van der Waals surface area contributed by atoms with Crippen molar-refractivity contribution in [3.8, 4) is 0 Å². The zero-order chi connectivity index (χ0) is 14.7. The molecule has 0 aromatic carbocycles. The Morgan fingerprint density at radius 2 is 2.15 bits per heavy atom. The van der Waals surface area contributed by atoms with Crippen molar-refractivity contribution in [1.82, 2.24) is 9.55 Å². The number of hydrogen-bond acceptors (Lipinski definition) is 4. The van der Waals surface area contributed by atoms with E-state index in [0.29, 0.717) is 12.1 Å². The van der Waals surface area contributed by atoms with Crippen LogP contribution in [0.4, 0.5) is 5.82 Å². The molecule has 1 atom stereocenters. The normalized spacial score (nSPS) is 23.4. The summed E-state index contributed by atoms with van der Waals surface area (Å²) in [5.41, 5.74) is -0.364. The summed E-state index contributed by atoms with van der Waals surface area (Å²) in [6.07, 6.45) is 2.33. The first kappa shape index (κ1) is 13.4. The zero-order valence-electron chi connectivity index (χ0n) is 11.3. The maximum Gasteiger partial charge on any atom is 0.326 e. The number of fused-ring (bicyclic) bond motifs is 1. The van der Waals surface area contributed by atoms with E-state index in [0.717, 1.165) is 12.8 Å². The molecule has 1 unspecified atom stereocenters. The molecule has 0 saturated heterocycles. The molecule has 0 amide bonds. The predicted molar refractivity (Wildman–Crippen MR) is 74.5 cm³/mol. The minimum absolute atomic E-state index is 0.158. The molecule has 0 radical (unpaired) electrons. The molecule has 1 aliphatic carbocycles.